The van der Waals surface area contributed by atoms with Crippen LogP contribution in [0.4, 0.5) is 5.69 Å². The van der Waals surface area contributed by atoms with Crippen LogP contribution < -0.4 is 4.90 Å². The minimum Gasteiger partial charge on any atom is -0.377 e. The Morgan fingerprint density at radius 1 is 0.871 bits per heavy atom. The molecule has 0 saturated heterocycles. The van der Waals surface area contributed by atoms with E-state index in [4.69, 9.17) is 4.98 Å². The second-order valence-corrected chi connectivity index (χ2v) is 8.22. The Bertz CT molecular complexity index is 1280. The van der Waals surface area contributed by atoms with E-state index in [9.17, 15) is 4.79 Å². The van der Waals surface area contributed by atoms with Gasteiger partial charge in [-0.1, -0.05) is 60.7 Å². The normalized spacial score (nSPS) is 13.0. The summed E-state index contributed by atoms with van der Waals surface area (Å²) in [6, 6.07) is 26.8. The fourth-order valence-electron chi connectivity index (χ4n) is 4.41. The molecule has 0 bridgehead atoms. The molecule has 0 unspecified atom stereocenters. The molecule has 5 rings (SSSR count). The van der Waals surface area contributed by atoms with Crippen LogP contribution in [-0.4, -0.2) is 36.4 Å². The van der Waals surface area contributed by atoms with Gasteiger partial charge in [0.25, 0.3) is 5.91 Å². The molecule has 1 aliphatic rings. The first-order chi connectivity index (χ1) is 15.1. The Balaban J connectivity index is 1.41. The van der Waals surface area contributed by atoms with Crippen LogP contribution in [0.2, 0.25) is 0 Å². The zero-order chi connectivity index (χ0) is 21.4. The third-order valence-electron chi connectivity index (χ3n) is 5.98. The van der Waals surface area contributed by atoms with Crippen LogP contribution in [-0.2, 0) is 13.0 Å². The number of hydrogen-bond donors (Lipinski definition) is 0. The molecule has 1 aliphatic heterocycles. The van der Waals surface area contributed by atoms with Gasteiger partial charge in [0, 0.05) is 55.9 Å². The van der Waals surface area contributed by atoms with Crippen molar-refractivity contribution in [1.82, 2.24) is 9.88 Å². The predicted octanol–water partition coefficient (Wildman–Crippen LogP) is 5.17. The maximum absolute atomic E-state index is 13.4. The van der Waals surface area contributed by atoms with E-state index in [0.29, 0.717) is 13.1 Å². The number of carbonyl (C=O) groups excluding carboxylic acids is 1. The van der Waals surface area contributed by atoms with Gasteiger partial charge in [-0.3, -0.25) is 9.78 Å². The molecule has 0 fully saturated rings. The Hall–Kier alpha value is -3.66. The van der Waals surface area contributed by atoms with Crippen LogP contribution in [0.3, 0.4) is 0 Å². The summed E-state index contributed by atoms with van der Waals surface area (Å²) >= 11 is 0. The lowest BCUT2D eigenvalue weighted by Crippen LogP contribution is -2.26. The largest absolute Gasteiger partial charge is 0.377 e. The topological polar surface area (TPSA) is 36.4 Å². The third-order valence-corrected chi connectivity index (χ3v) is 5.98. The highest BCUT2D eigenvalue weighted by Gasteiger charge is 2.30. The van der Waals surface area contributed by atoms with Gasteiger partial charge in [-0.25, -0.2) is 0 Å². The number of benzene rings is 3. The molecule has 0 atom stereocenters. The molecule has 0 aliphatic carbocycles. The Kier molecular flexibility index (Phi) is 4.91. The lowest BCUT2D eigenvalue weighted by atomic mass is 9.95. The summed E-state index contributed by atoms with van der Waals surface area (Å²) < 4.78 is 0. The minimum atomic E-state index is 0.111. The highest BCUT2D eigenvalue weighted by Crippen LogP contribution is 2.37. The van der Waals surface area contributed by atoms with Crippen molar-refractivity contribution in [3.8, 4) is 11.1 Å². The van der Waals surface area contributed by atoms with Gasteiger partial charge < -0.3 is 9.80 Å². The molecule has 0 saturated carbocycles. The van der Waals surface area contributed by atoms with E-state index in [1.54, 1.807) is 0 Å². The average Bonchev–Trinajstić information content (AvgIpc) is 3.13. The van der Waals surface area contributed by atoms with Crippen LogP contribution >= 0.6 is 0 Å². The number of carbonyl (C=O) groups is 1. The third kappa shape index (κ3) is 3.55. The van der Waals surface area contributed by atoms with Gasteiger partial charge in [0.15, 0.2) is 0 Å². The predicted molar refractivity (Wildman–Crippen MR) is 126 cm³/mol. The smallest absolute Gasteiger partial charge is 0.255 e. The fourth-order valence-corrected chi connectivity index (χ4v) is 4.41. The second-order valence-electron chi connectivity index (χ2n) is 8.22. The van der Waals surface area contributed by atoms with Gasteiger partial charge in [-0.2, -0.15) is 0 Å². The van der Waals surface area contributed by atoms with Crippen molar-refractivity contribution in [3.05, 3.63) is 95.7 Å². The number of nitrogens with zero attached hydrogens (tertiary/aromatic N) is 3. The number of aromatic nitrogens is 1. The standard InChI is InChI=1S/C27H25N3O/c1-29(2)25-13-6-4-10-22(25)23-11-7-9-20-18-30(27(31)26(20)23)17-16-21-15-14-19-8-3-5-12-24(19)28-21/h3-15H,16-18H2,1-2H3. The number of rotatable bonds is 5. The Morgan fingerprint density at radius 2 is 1.65 bits per heavy atom. The van der Waals surface area contributed by atoms with Crippen molar-refractivity contribution in [3.63, 3.8) is 0 Å². The minimum absolute atomic E-state index is 0.111. The van der Waals surface area contributed by atoms with Gasteiger partial charge in [-0.05, 0) is 29.3 Å². The summed E-state index contributed by atoms with van der Waals surface area (Å²) in [5, 5.41) is 1.14. The maximum atomic E-state index is 13.4. The van der Waals surface area contributed by atoms with Crippen LogP contribution in [0, 0.1) is 0 Å². The molecule has 0 radical (unpaired) electrons. The molecule has 1 amide bonds. The van der Waals surface area contributed by atoms with Gasteiger partial charge in [0.1, 0.15) is 0 Å². The van der Waals surface area contributed by atoms with Crippen molar-refractivity contribution in [2.45, 2.75) is 13.0 Å². The number of hydrogen-bond acceptors (Lipinski definition) is 3. The van der Waals surface area contributed by atoms with E-state index in [2.05, 4.69) is 53.4 Å². The molecule has 4 aromatic rings. The van der Waals surface area contributed by atoms with Gasteiger partial charge in [0.2, 0.25) is 0 Å². The number of amides is 1. The zero-order valence-electron chi connectivity index (χ0n) is 17.9. The van der Waals surface area contributed by atoms with Crippen molar-refractivity contribution >= 4 is 22.5 Å². The van der Waals surface area contributed by atoms with Crippen LogP contribution in [0.5, 0.6) is 0 Å². The van der Waals surface area contributed by atoms with Gasteiger partial charge in [0.05, 0.1) is 11.1 Å². The molecule has 4 heteroatoms. The molecule has 154 valence electrons. The van der Waals surface area contributed by atoms with E-state index in [1.165, 1.54) is 0 Å². The highest BCUT2D eigenvalue weighted by molar-refractivity contribution is 6.05. The monoisotopic (exact) mass is 407 g/mol. The molecule has 1 aromatic heterocycles. The first-order valence-electron chi connectivity index (χ1n) is 10.6. The Morgan fingerprint density at radius 3 is 2.52 bits per heavy atom. The van der Waals surface area contributed by atoms with Crippen molar-refractivity contribution in [2.24, 2.45) is 0 Å². The van der Waals surface area contributed by atoms with E-state index in [1.807, 2.05) is 49.3 Å². The molecule has 0 N–H and O–H groups in total. The van der Waals surface area contributed by atoms with E-state index in [0.717, 1.165) is 51.0 Å². The maximum Gasteiger partial charge on any atom is 0.255 e. The molecule has 2 heterocycles. The van der Waals surface area contributed by atoms with Crippen molar-refractivity contribution < 1.29 is 4.79 Å². The van der Waals surface area contributed by atoms with Crippen LogP contribution in [0.15, 0.2) is 78.9 Å². The second kappa shape index (κ2) is 7.88. The fraction of sp³-hybridized carbons (Fsp3) is 0.185. The van der Waals surface area contributed by atoms with Crippen molar-refractivity contribution in [1.29, 1.82) is 0 Å². The summed E-state index contributed by atoms with van der Waals surface area (Å²) in [6.07, 6.45) is 0.744. The summed E-state index contributed by atoms with van der Waals surface area (Å²) in [7, 11) is 4.07. The van der Waals surface area contributed by atoms with Crippen LogP contribution in [0.25, 0.3) is 22.0 Å². The van der Waals surface area contributed by atoms with E-state index in [-0.39, 0.29) is 5.91 Å². The average molecular weight is 408 g/mol. The first-order valence-corrected chi connectivity index (χ1v) is 10.6. The zero-order valence-corrected chi connectivity index (χ0v) is 17.9. The van der Waals surface area contributed by atoms with Crippen molar-refractivity contribution in [2.75, 3.05) is 25.5 Å². The SMILES string of the molecule is CN(C)c1ccccc1-c1cccc2c1C(=O)N(CCc1ccc3ccccc3n1)C2. The summed E-state index contributed by atoms with van der Waals surface area (Å²) in [5.41, 5.74) is 7.17. The van der Waals surface area contributed by atoms with E-state index >= 15 is 0 Å². The highest BCUT2D eigenvalue weighted by atomic mass is 16.2. The molecular formula is C27H25N3O. The number of pyridine rings is 1. The van der Waals surface area contributed by atoms with Gasteiger partial charge >= 0.3 is 0 Å². The summed E-state index contributed by atoms with van der Waals surface area (Å²) in [5.74, 6) is 0.111. The first kappa shape index (κ1) is 19.3. The molecule has 0 spiro atoms. The summed E-state index contributed by atoms with van der Waals surface area (Å²) in [4.78, 5) is 22.2. The summed E-state index contributed by atoms with van der Waals surface area (Å²) in [6.45, 7) is 1.31. The lowest BCUT2D eigenvalue weighted by molar-refractivity contribution is 0.0780. The van der Waals surface area contributed by atoms with Gasteiger partial charge in [-0.15, -0.1) is 0 Å². The molecule has 3 aromatic carbocycles. The Labute approximate surface area is 182 Å². The van der Waals surface area contributed by atoms with E-state index < -0.39 is 0 Å². The lowest BCUT2D eigenvalue weighted by Gasteiger charge is -2.19. The molecular weight excluding hydrogens is 382 g/mol. The number of anilines is 1. The number of para-hydroxylation sites is 2. The quantitative estimate of drug-likeness (QED) is 0.458. The molecule has 31 heavy (non-hydrogen) atoms. The van der Waals surface area contributed by atoms with Crippen LogP contribution in [0.1, 0.15) is 21.6 Å². The molecule has 4 nitrogen and oxygen atoms in total. The number of fused-ring (bicyclic) bond motifs is 2.